The SMILES string of the molecule is Cc1c(F)cc(C(=O)N(Cc2ccc(C#N)cc2)Cc2cccc(F)c2)cc1[N+](=O)[O-]. The number of carbonyl (C=O) groups is 1. The van der Waals surface area contributed by atoms with Crippen LogP contribution in [0.4, 0.5) is 14.5 Å². The van der Waals surface area contributed by atoms with Gasteiger partial charge in [0.2, 0.25) is 0 Å². The normalized spacial score (nSPS) is 10.4. The predicted molar refractivity (Wildman–Crippen MR) is 109 cm³/mol. The predicted octanol–water partition coefficient (Wildman–Crippen LogP) is 4.90. The summed E-state index contributed by atoms with van der Waals surface area (Å²) in [4.78, 5) is 25.0. The summed E-state index contributed by atoms with van der Waals surface area (Å²) in [6.45, 7) is 1.34. The fourth-order valence-corrected chi connectivity index (χ4v) is 3.12. The standard InChI is InChI=1S/C23H17F2N3O3/c1-15-21(25)10-19(11-22(15)28(30)31)23(29)27(14-18-3-2-4-20(24)9-18)13-17-7-5-16(12-26)6-8-17/h2-11H,13-14H2,1H3. The molecule has 0 fully saturated rings. The van der Waals surface area contributed by atoms with Gasteiger partial charge in [-0.1, -0.05) is 24.3 Å². The largest absolute Gasteiger partial charge is 0.330 e. The molecule has 0 aromatic heterocycles. The summed E-state index contributed by atoms with van der Waals surface area (Å²) < 4.78 is 27.9. The van der Waals surface area contributed by atoms with Gasteiger partial charge in [-0.2, -0.15) is 5.26 Å². The van der Waals surface area contributed by atoms with Crippen LogP contribution in [0.2, 0.25) is 0 Å². The molecule has 156 valence electrons. The van der Waals surface area contributed by atoms with Gasteiger partial charge in [0.05, 0.1) is 22.1 Å². The van der Waals surface area contributed by atoms with E-state index in [0.29, 0.717) is 16.7 Å². The lowest BCUT2D eigenvalue weighted by atomic mass is 10.1. The molecule has 3 rings (SSSR count). The van der Waals surface area contributed by atoms with Crippen molar-refractivity contribution in [3.8, 4) is 6.07 Å². The van der Waals surface area contributed by atoms with E-state index in [0.717, 1.165) is 12.1 Å². The van der Waals surface area contributed by atoms with Crippen LogP contribution in [0.1, 0.15) is 32.6 Å². The van der Waals surface area contributed by atoms with Crippen LogP contribution >= 0.6 is 0 Å². The summed E-state index contributed by atoms with van der Waals surface area (Å²) in [7, 11) is 0. The van der Waals surface area contributed by atoms with Crippen LogP contribution in [0, 0.1) is 40.0 Å². The topological polar surface area (TPSA) is 87.2 Å². The third-order valence-corrected chi connectivity index (χ3v) is 4.77. The zero-order chi connectivity index (χ0) is 22.5. The number of hydrogen-bond acceptors (Lipinski definition) is 4. The molecule has 0 aliphatic heterocycles. The second-order valence-electron chi connectivity index (χ2n) is 6.96. The molecule has 0 saturated carbocycles. The zero-order valence-electron chi connectivity index (χ0n) is 16.5. The van der Waals surface area contributed by atoms with Crippen molar-refractivity contribution in [1.82, 2.24) is 4.90 Å². The minimum Gasteiger partial charge on any atom is -0.330 e. The number of nitro benzene ring substituents is 1. The Balaban J connectivity index is 1.99. The van der Waals surface area contributed by atoms with Crippen molar-refractivity contribution < 1.29 is 18.5 Å². The van der Waals surface area contributed by atoms with Crippen molar-refractivity contribution in [3.05, 3.63) is 110 Å². The Labute approximate surface area is 177 Å². The van der Waals surface area contributed by atoms with Gasteiger partial charge in [0.1, 0.15) is 11.6 Å². The lowest BCUT2D eigenvalue weighted by molar-refractivity contribution is -0.385. The summed E-state index contributed by atoms with van der Waals surface area (Å²) in [6.07, 6.45) is 0. The van der Waals surface area contributed by atoms with Crippen LogP contribution in [0.5, 0.6) is 0 Å². The van der Waals surface area contributed by atoms with Crippen LogP contribution < -0.4 is 0 Å². The van der Waals surface area contributed by atoms with Crippen molar-refractivity contribution in [3.63, 3.8) is 0 Å². The van der Waals surface area contributed by atoms with Crippen LogP contribution in [0.15, 0.2) is 60.7 Å². The fraction of sp³-hybridized carbons (Fsp3) is 0.130. The maximum Gasteiger partial charge on any atom is 0.276 e. The quantitative estimate of drug-likeness (QED) is 0.419. The van der Waals surface area contributed by atoms with Gasteiger partial charge in [0.25, 0.3) is 11.6 Å². The van der Waals surface area contributed by atoms with Gasteiger partial charge < -0.3 is 4.90 Å². The molecule has 1 amide bonds. The minimum atomic E-state index is -0.860. The van der Waals surface area contributed by atoms with E-state index in [1.165, 1.54) is 30.0 Å². The Morgan fingerprint density at radius 2 is 1.74 bits per heavy atom. The number of nitro groups is 1. The van der Waals surface area contributed by atoms with E-state index in [4.69, 9.17) is 5.26 Å². The zero-order valence-corrected chi connectivity index (χ0v) is 16.5. The molecule has 6 nitrogen and oxygen atoms in total. The summed E-state index contributed by atoms with van der Waals surface area (Å²) in [5.74, 6) is -1.97. The molecule has 3 aromatic rings. The number of rotatable bonds is 6. The number of amides is 1. The van der Waals surface area contributed by atoms with Gasteiger partial charge in [-0.05, 0) is 48.4 Å². The molecule has 8 heteroatoms. The number of benzene rings is 3. The molecule has 0 spiro atoms. The van der Waals surface area contributed by atoms with Crippen LogP contribution in [0.3, 0.4) is 0 Å². The highest BCUT2D eigenvalue weighted by molar-refractivity contribution is 5.95. The van der Waals surface area contributed by atoms with E-state index in [-0.39, 0.29) is 24.2 Å². The molecule has 0 aliphatic carbocycles. The average molecular weight is 421 g/mol. The third kappa shape index (κ3) is 5.08. The van der Waals surface area contributed by atoms with Gasteiger partial charge in [0, 0.05) is 24.7 Å². The first-order chi connectivity index (χ1) is 14.8. The molecule has 0 N–H and O–H groups in total. The van der Waals surface area contributed by atoms with Crippen LogP contribution in [0.25, 0.3) is 0 Å². The third-order valence-electron chi connectivity index (χ3n) is 4.77. The first-order valence-corrected chi connectivity index (χ1v) is 9.26. The first-order valence-electron chi connectivity index (χ1n) is 9.26. The Hall–Kier alpha value is -4.12. The number of nitrogens with zero attached hydrogens (tertiary/aromatic N) is 3. The highest BCUT2D eigenvalue weighted by Crippen LogP contribution is 2.25. The first kappa shape index (κ1) is 21.6. The van der Waals surface area contributed by atoms with Gasteiger partial charge in [-0.3, -0.25) is 14.9 Å². The fourth-order valence-electron chi connectivity index (χ4n) is 3.12. The lowest BCUT2D eigenvalue weighted by Crippen LogP contribution is -2.30. The Bertz CT molecular complexity index is 1190. The van der Waals surface area contributed by atoms with Crippen LogP contribution in [-0.4, -0.2) is 15.7 Å². The summed E-state index contributed by atoms with van der Waals surface area (Å²) >= 11 is 0. The Morgan fingerprint density at radius 1 is 1.06 bits per heavy atom. The maximum absolute atomic E-state index is 14.3. The number of halogens is 2. The number of hydrogen-bond donors (Lipinski definition) is 0. The smallest absolute Gasteiger partial charge is 0.276 e. The van der Waals surface area contributed by atoms with Crippen molar-refractivity contribution in [2.45, 2.75) is 20.0 Å². The van der Waals surface area contributed by atoms with Gasteiger partial charge in [-0.15, -0.1) is 0 Å². The molecular weight excluding hydrogens is 404 g/mol. The molecule has 0 radical (unpaired) electrons. The highest BCUT2D eigenvalue weighted by atomic mass is 19.1. The molecule has 0 bridgehead atoms. The van der Waals surface area contributed by atoms with E-state index in [9.17, 15) is 23.7 Å². The molecule has 0 unspecified atom stereocenters. The van der Waals surface area contributed by atoms with Gasteiger partial charge in [-0.25, -0.2) is 8.78 Å². The molecule has 3 aromatic carbocycles. The Morgan fingerprint density at radius 3 is 2.35 bits per heavy atom. The number of carbonyl (C=O) groups excluding carboxylic acids is 1. The molecule has 0 aliphatic rings. The van der Waals surface area contributed by atoms with E-state index in [1.807, 2.05) is 6.07 Å². The average Bonchev–Trinajstić information content (AvgIpc) is 2.75. The van der Waals surface area contributed by atoms with Gasteiger partial charge in [0.15, 0.2) is 0 Å². The molecular formula is C23H17F2N3O3. The summed E-state index contributed by atoms with van der Waals surface area (Å²) in [6, 6.07) is 16.2. The van der Waals surface area contributed by atoms with Gasteiger partial charge >= 0.3 is 0 Å². The monoisotopic (exact) mass is 421 g/mol. The number of nitriles is 1. The van der Waals surface area contributed by atoms with Crippen molar-refractivity contribution >= 4 is 11.6 Å². The van der Waals surface area contributed by atoms with Crippen LogP contribution in [-0.2, 0) is 13.1 Å². The van der Waals surface area contributed by atoms with E-state index >= 15 is 0 Å². The molecule has 0 saturated heterocycles. The van der Waals surface area contributed by atoms with Crippen molar-refractivity contribution in [2.75, 3.05) is 0 Å². The second-order valence-corrected chi connectivity index (χ2v) is 6.96. The molecule has 31 heavy (non-hydrogen) atoms. The highest BCUT2D eigenvalue weighted by Gasteiger charge is 2.23. The van der Waals surface area contributed by atoms with E-state index < -0.39 is 28.2 Å². The van der Waals surface area contributed by atoms with E-state index in [2.05, 4.69) is 0 Å². The van der Waals surface area contributed by atoms with Crippen molar-refractivity contribution in [1.29, 1.82) is 5.26 Å². The second kappa shape index (κ2) is 9.13. The molecule has 0 heterocycles. The summed E-state index contributed by atoms with van der Waals surface area (Å²) in [5, 5.41) is 20.2. The lowest BCUT2D eigenvalue weighted by Gasteiger charge is -2.23. The maximum atomic E-state index is 14.3. The summed E-state index contributed by atoms with van der Waals surface area (Å²) in [5.41, 5.74) is 0.801. The Kier molecular flexibility index (Phi) is 6.36. The minimum absolute atomic E-state index is 0.000111. The molecule has 0 atom stereocenters. The van der Waals surface area contributed by atoms with Crippen molar-refractivity contribution in [2.24, 2.45) is 0 Å². The van der Waals surface area contributed by atoms with E-state index in [1.54, 1.807) is 30.3 Å².